The van der Waals surface area contributed by atoms with E-state index in [0.29, 0.717) is 23.7 Å². The molecule has 1 amide bonds. The van der Waals surface area contributed by atoms with E-state index in [1.165, 1.54) is 17.6 Å². The lowest BCUT2D eigenvalue weighted by Gasteiger charge is -2.34. The van der Waals surface area contributed by atoms with Crippen LogP contribution in [0, 0.1) is 6.92 Å². The molecule has 9 heteroatoms. The molecule has 1 aliphatic heterocycles. The van der Waals surface area contributed by atoms with E-state index in [-0.39, 0.29) is 30.4 Å². The second-order valence-electron chi connectivity index (χ2n) is 5.99. The third-order valence-corrected chi connectivity index (χ3v) is 6.35. The molecule has 1 saturated heterocycles. The Balaban J connectivity index is 1.84. The van der Waals surface area contributed by atoms with Crippen molar-refractivity contribution >= 4 is 21.6 Å². The molecule has 0 unspecified atom stereocenters. The minimum absolute atomic E-state index is 0.151. The number of ether oxygens (including phenoxy) is 1. The van der Waals surface area contributed by atoms with Crippen LogP contribution in [-0.4, -0.2) is 55.2 Å². The number of piperazine rings is 1. The van der Waals surface area contributed by atoms with E-state index in [1.54, 1.807) is 28.6 Å². The molecule has 2 aromatic rings. The van der Waals surface area contributed by atoms with Crippen molar-refractivity contribution in [2.45, 2.75) is 25.3 Å². The van der Waals surface area contributed by atoms with Gasteiger partial charge in [-0.3, -0.25) is 9.48 Å². The van der Waals surface area contributed by atoms with Crippen LogP contribution in [0.3, 0.4) is 0 Å². The number of rotatable bonds is 5. The molecular weight excluding hydrogens is 356 g/mol. The molecule has 0 spiro atoms. The number of amides is 1. The molecule has 0 radical (unpaired) electrons. The molecular formula is C17H22N4O4S. The third kappa shape index (κ3) is 3.19. The van der Waals surface area contributed by atoms with Gasteiger partial charge in [-0.05, 0) is 26.0 Å². The molecule has 140 valence electrons. The number of para-hydroxylation sites is 2. The first-order valence-corrected chi connectivity index (χ1v) is 9.80. The van der Waals surface area contributed by atoms with Gasteiger partial charge in [-0.2, -0.15) is 9.40 Å². The first-order chi connectivity index (χ1) is 12.4. The fourth-order valence-corrected chi connectivity index (χ4v) is 4.57. The standard InChI is InChI=1S/C17H22N4O4S/c1-4-19-11-16(13(2)18-19)26(23,24)20-9-10-21(17(22)12-20)14-7-5-6-8-15(14)25-3/h5-8,11H,4,9-10,12H2,1-3H3. The fraction of sp³-hybridized carbons (Fsp3) is 0.412. The van der Waals surface area contributed by atoms with Gasteiger partial charge in [0.2, 0.25) is 15.9 Å². The molecule has 0 atom stereocenters. The van der Waals surface area contributed by atoms with Crippen LogP contribution in [0.25, 0.3) is 0 Å². The zero-order valence-corrected chi connectivity index (χ0v) is 15.9. The number of benzene rings is 1. The summed E-state index contributed by atoms with van der Waals surface area (Å²) in [6.45, 7) is 4.39. The smallest absolute Gasteiger partial charge is 0.247 e. The van der Waals surface area contributed by atoms with Crippen molar-refractivity contribution in [1.82, 2.24) is 14.1 Å². The van der Waals surface area contributed by atoms with Crippen LogP contribution in [0.4, 0.5) is 5.69 Å². The molecule has 0 bridgehead atoms. The molecule has 2 heterocycles. The molecule has 0 N–H and O–H groups in total. The lowest BCUT2D eigenvalue weighted by Crippen LogP contribution is -2.52. The number of hydrogen-bond acceptors (Lipinski definition) is 5. The number of anilines is 1. The zero-order chi connectivity index (χ0) is 18.9. The number of sulfonamides is 1. The summed E-state index contributed by atoms with van der Waals surface area (Å²) in [5, 5.41) is 4.19. The summed E-state index contributed by atoms with van der Waals surface area (Å²) in [4.78, 5) is 14.4. The molecule has 1 fully saturated rings. The average Bonchev–Trinajstić information content (AvgIpc) is 3.03. The van der Waals surface area contributed by atoms with E-state index in [0.717, 1.165) is 0 Å². The Hall–Kier alpha value is -2.39. The van der Waals surface area contributed by atoms with Gasteiger partial charge < -0.3 is 9.64 Å². The van der Waals surface area contributed by atoms with Crippen molar-refractivity contribution in [2.75, 3.05) is 31.6 Å². The van der Waals surface area contributed by atoms with Crippen molar-refractivity contribution in [3.8, 4) is 5.75 Å². The minimum atomic E-state index is -3.76. The van der Waals surface area contributed by atoms with Crippen molar-refractivity contribution in [3.05, 3.63) is 36.2 Å². The van der Waals surface area contributed by atoms with Gasteiger partial charge in [0.15, 0.2) is 0 Å². The Labute approximate surface area is 153 Å². The Bertz CT molecular complexity index is 923. The van der Waals surface area contributed by atoms with Crippen molar-refractivity contribution < 1.29 is 17.9 Å². The van der Waals surface area contributed by atoms with Crippen LogP contribution in [0.2, 0.25) is 0 Å². The maximum absolute atomic E-state index is 12.9. The Morgan fingerprint density at radius 2 is 1.96 bits per heavy atom. The zero-order valence-electron chi connectivity index (χ0n) is 15.0. The minimum Gasteiger partial charge on any atom is -0.495 e. The van der Waals surface area contributed by atoms with Gasteiger partial charge >= 0.3 is 0 Å². The van der Waals surface area contributed by atoms with Crippen LogP contribution >= 0.6 is 0 Å². The van der Waals surface area contributed by atoms with Gasteiger partial charge in [-0.1, -0.05) is 12.1 Å². The highest BCUT2D eigenvalue weighted by atomic mass is 32.2. The number of carbonyl (C=O) groups excluding carboxylic acids is 1. The molecule has 0 aliphatic carbocycles. The summed E-state index contributed by atoms with van der Waals surface area (Å²) in [5.74, 6) is 0.294. The van der Waals surface area contributed by atoms with Gasteiger partial charge in [0.05, 0.1) is 25.0 Å². The quantitative estimate of drug-likeness (QED) is 0.782. The van der Waals surface area contributed by atoms with E-state index in [4.69, 9.17) is 4.74 Å². The molecule has 1 aliphatic rings. The number of methoxy groups -OCH3 is 1. The van der Waals surface area contributed by atoms with Crippen LogP contribution in [0.5, 0.6) is 5.75 Å². The van der Waals surface area contributed by atoms with E-state index in [2.05, 4.69) is 5.10 Å². The van der Waals surface area contributed by atoms with Gasteiger partial charge in [-0.25, -0.2) is 8.42 Å². The number of nitrogens with zero attached hydrogens (tertiary/aromatic N) is 4. The first-order valence-electron chi connectivity index (χ1n) is 8.36. The first kappa shape index (κ1) is 18.4. The summed E-state index contributed by atoms with van der Waals surface area (Å²) in [6.07, 6.45) is 1.52. The largest absolute Gasteiger partial charge is 0.495 e. The highest BCUT2D eigenvalue weighted by Gasteiger charge is 2.35. The van der Waals surface area contributed by atoms with Crippen molar-refractivity contribution in [2.24, 2.45) is 0 Å². The Kier molecular flexibility index (Phi) is 5.01. The molecule has 8 nitrogen and oxygen atoms in total. The second kappa shape index (κ2) is 7.08. The molecule has 1 aromatic heterocycles. The van der Waals surface area contributed by atoms with Crippen LogP contribution in [0.15, 0.2) is 35.4 Å². The third-order valence-electron chi connectivity index (χ3n) is 4.40. The predicted molar refractivity (Wildman–Crippen MR) is 96.7 cm³/mol. The van der Waals surface area contributed by atoms with Crippen LogP contribution in [0.1, 0.15) is 12.6 Å². The number of aromatic nitrogens is 2. The maximum atomic E-state index is 12.9. The monoisotopic (exact) mass is 378 g/mol. The average molecular weight is 378 g/mol. The summed E-state index contributed by atoms with van der Waals surface area (Å²) >= 11 is 0. The number of hydrogen-bond donors (Lipinski definition) is 0. The van der Waals surface area contributed by atoms with E-state index < -0.39 is 10.0 Å². The summed E-state index contributed by atoms with van der Waals surface area (Å²) in [6, 6.07) is 7.20. The molecule has 3 rings (SSSR count). The Morgan fingerprint density at radius 1 is 1.23 bits per heavy atom. The van der Waals surface area contributed by atoms with Gasteiger partial charge in [0, 0.05) is 25.8 Å². The summed E-state index contributed by atoms with van der Waals surface area (Å²) in [7, 11) is -2.23. The number of carbonyl (C=O) groups is 1. The van der Waals surface area contributed by atoms with Crippen LogP contribution < -0.4 is 9.64 Å². The molecule has 0 saturated carbocycles. The lowest BCUT2D eigenvalue weighted by molar-refractivity contribution is -0.120. The highest BCUT2D eigenvalue weighted by molar-refractivity contribution is 7.89. The molecule has 1 aromatic carbocycles. The second-order valence-corrected chi connectivity index (χ2v) is 7.90. The van der Waals surface area contributed by atoms with E-state index in [1.807, 2.05) is 19.1 Å². The number of aryl methyl sites for hydroxylation is 2. The van der Waals surface area contributed by atoms with Crippen molar-refractivity contribution in [3.63, 3.8) is 0 Å². The van der Waals surface area contributed by atoms with Gasteiger partial charge in [-0.15, -0.1) is 0 Å². The summed E-state index contributed by atoms with van der Waals surface area (Å²) < 4.78 is 33.9. The van der Waals surface area contributed by atoms with Gasteiger partial charge in [0.25, 0.3) is 0 Å². The van der Waals surface area contributed by atoms with E-state index in [9.17, 15) is 13.2 Å². The van der Waals surface area contributed by atoms with E-state index >= 15 is 0 Å². The normalized spacial score (nSPS) is 16.1. The molecule has 26 heavy (non-hydrogen) atoms. The predicted octanol–water partition coefficient (Wildman–Crippen LogP) is 1.26. The topological polar surface area (TPSA) is 84.7 Å². The maximum Gasteiger partial charge on any atom is 0.247 e. The lowest BCUT2D eigenvalue weighted by atomic mass is 10.2. The van der Waals surface area contributed by atoms with Gasteiger partial charge in [0.1, 0.15) is 10.6 Å². The fourth-order valence-electron chi connectivity index (χ4n) is 3.02. The summed E-state index contributed by atoms with van der Waals surface area (Å²) in [5.41, 5.74) is 1.08. The van der Waals surface area contributed by atoms with Crippen LogP contribution in [-0.2, 0) is 21.4 Å². The highest BCUT2D eigenvalue weighted by Crippen LogP contribution is 2.30. The Morgan fingerprint density at radius 3 is 2.58 bits per heavy atom. The SMILES string of the molecule is CCn1cc(S(=O)(=O)N2CCN(c3ccccc3OC)C(=O)C2)c(C)n1. The van der Waals surface area contributed by atoms with Crippen molar-refractivity contribution in [1.29, 1.82) is 0 Å².